The highest BCUT2D eigenvalue weighted by atomic mass is 32.2. The first-order valence-electron chi connectivity index (χ1n) is 8.97. The molecular formula is C20H22N2O5S2. The summed E-state index contributed by atoms with van der Waals surface area (Å²) in [6.45, 7) is 1.79. The van der Waals surface area contributed by atoms with Crippen LogP contribution in [-0.4, -0.2) is 45.4 Å². The zero-order valence-corrected chi connectivity index (χ0v) is 18.0. The lowest BCUT2D eigenvalue weighted by atomic mass is 10.2. The Kier molecular flexibility index (Phi) is 6.18. The first-order chi connectivity index (χ1) is 13.7. The van der Waals surface area contributed by atoms with Crippen molar-refractivity contribution in [3.05, 3.63) is 42.5 Å². The van der Waals surface area contributed by atoms with Crippen LogP contribution in [0.15, 0.2) is 52.3 Å². The molecule has 0 spiro atoms. The molecule has 1 atom stereocenters. The van der Waals surface area contributed by atoms with E-state index in [0.29, 0.717) is 17.1 Å². The Morgan fingerprint density at radius 1 is 1.24 bits per heavy atom. The summed E-state index contributed by atoms with van der Waals surface area (Å²) < 4.78 is 30.7. The Hall–Kier alpha value is -2.52. The number of hydrogen-bond acceptors (Lipinski definition) is 6. The molecule has 2 aromatic carbocycles. The Balaban J connectivity index is 1.72. The molecule has 0 aliphatic carbocycles. The molecule has 29 heavy (non-hydrogen) atoms. The summed E-state index contributed by atoms with van der Waals surface area (Å²) in [5, 5.41) is 2.50. The van der Waals surface area contributed by atoms with Crippen LogP contribution in [0.3, 0.4) is 0 Å². The van der Waals surface area contributed by atoms with Crippen molar-refractivity contribution in [2.45, 2.75) is 28.4 Å². The number of para-hydroxylation sites is 2. The minimum atomic E-state index is -3.69. The van der Waals surface area contributed by atoms with Gasteiger partial charge in [0.05, 0.1) is 34.4 Å². The molecule has 0 bridgehead atoms. The molecule has 0 radical (unpaired) electrons. The van der Waals surface area contributed by atoms with Crippen molar-refractivity contribution < 1.29 is 22.7 Å². The molecular weight excluding hydrogens is 412 g/mol. The summed E-state index contributed by atoms with van der Waals surface area (Å²) >= 11 is 1.38. The van der Waals surface area contributed by atoms with Gasteiger partial charge in [0.2, 0.25) is 11.8 Å². The van der Waals surface area contributed by atoms with Crippen LogP contribution in [0, 0.1) is 0 Å². The van der Waals surface area contributed by atoms with Gasteiger partial charge in [0.15, 0.2) is 9.84 Å². The number of nitrogens with one attached hydrogen (secondary N) is 1. The second kappa shape index (κ2) is 8.46. The molecule has 1 aliphatic rings. The van der Waals surface area contributed by atoms with Crippen LogP contribution in [0.25, 0.3) is 0 Å². The van der Waals surface area contributed by atoms with Gasteiger partial charge in [-0.2, -0.15) is 0 Å². The predicted molar refractivity (Wildman–Crippen MR) is 113 cm³/mol. The van der Waals surface area contributed by atoms with Crippen LogP contribution in [0.1, 0.15) is 13.3 Å². The van der Waals surface area contributed by atoms with Crippen LogP contribution < -0.4 is 15.0 Å². The zero-order valence-electron chi connectivity index (χ0n) is 16.3. The van der Waals surface area contributed by atoms with Gasteiger partial charge in [-0.1, -0.05) is 12.1 Å². The van der Waals surface area contributed by atoms with Gasteiger partial charge in [-0.25, -0.2) is 8.42 Å². The van der Waals surface area contributed by atoms with Crippen molar-refractivity contribution in [3.8, 4) is 5.75 Å². The van der Waals surface area contributed by atoms with E-state index in [2.05, 4.69) is 5.32 Å². The zero-order chi connectivity index (χ0) is 21.2. The summed E-state index contributed by atoms with van der Waals surface area (Å²) in [5.41, 5.74) is 1.05. The van der Waals surface area contributed by atoms with Crippen molar-refractivity contribution in [1.29, 1.82) is 0 Å². The molecule has 0 saturated carbocycles. The fourth-order valence-electron chi connectivity index (χ4n) is 2.93. The van der Waals surface area contributed by atoms with E-state index < -0.39 is 9.84 Å². The molecule has 3 rings (SSSR count). The number of rotatable bonds is 6. The maximum Gasteiger partial charge on any atom is 0.237 e. The molecule has 7 nitrogen and oxygen atoms in total. The number of methoxy groups -OCH3 is 1. The number of anilines is 2. The van der Waals surface area contributed by atoms with E-state index in [-0.39, 0.29) is 34.1 Å². The standard InChI is InChI=1S/C20H22N2O5S2/c1-13-20(24)21-15-12-14(8-9-18(15)28-13)29(25,26)11-10-19(23)22(2)16-6-4-5-7-17(16)27-3/h4-9,12-13H,10-11H2,1-3H3,(H,21,24)/t13-/m0/s1. The SMILES string of the molecule is COc1ccccc1N(C)C(=O)CCS(=O)(=O)c1ccc2c(c1)NC(=O)[C@H](C)S2. The number of carbonyl (C=O) groups excluding carboxylic acids is 2. The molecule has 2 amide bonds. The van der Waals surface area contributed by atoms with E-state index in [1.165, 1.54) is 35.9 Å². The number of amides is 2. The van der Waals surface area contributed by atoms with Crippen molar-refractivity contribution in [3.63, 3.8) is 0 Å². The normalized spacial score (nSPS) is 16.0. The minimum absolute atomic E-state index is 0.0828. The molecule has 0 saturated heterocycles. The minimum Gasteiger partial charge on any atom is -0.495 e. The molecule has 0 fully saturated rings. The highest BCUT2D eigenvalue weighted by Crippen LogP contribution is 2.37. The fourth-order valence-corrected chi connectivity index (χ4v) is 5.11. The molecule has 9 heteroatoms. The third-order valence-electron chi connectivity index (χ3n) is 4.65. The van der Waals surface area contributed by atoms with E-state index in [1.807, 2.05) is 0 Å². The molecule has 0 unspecified atom stereocenters. The lowest BCUT2D eigenvalue weighted by Gasteiger charge is -2.22. The number of sulfone groups is 1. The van der Waals surface area contributed by atoms with Gasteiger partial charge in [-0.15, -0.1) is 11.8 Å². The molecule has 1 heterocycles. The van der Waals surface area contributed by atoms with Gasteiger partial charge in [-0.3, -0.25) is 9.59 Å². The second-order valence-corrected chi connectivity index (χ2v) is 10.1. The predicted octanol–water partition coefficient (Wildman–Crippen LogP) is 2.95. The lowest BCUT2D eigenvalue weighted by Crippen LogP contribution is -2.28. The van der Waals surface area contributed by atoms with Crippen LogP contribution in [0.5, 0.6) is 5.75 Å². The smallest absolute Gasteiger partial charge is 0.237 e. The van der Waals surface area contributed by atoms with E-state index in [9.17, 15) is 18.0 Å². The maximum absolute atomic E-state index is 12.7. The average Bonchev–Trinajstić information content (AvgIpc) is 2.72. The number of ether oxygens (including phenoxy) is 1. The van der Waals surface area contributed by atoms with Gasteiger partial charge >= 0.3 is 0 Å². The number of carbonyl (C=O) groups is 2. The number of hydrogen-bond donors (Lipinski definition) is 1. The molecule has 1 N–H and O–H groups in total. The van der Waals surface area contributed by atoms with E-state index in [4.69, 9.17) is 4.74 Å². The third kappa shape index (κ3) is 4.56. The molecule has 154 valence electrons. The number of thioether (sulfide) groups is 1. The first-order valence-corrected chi connectivity index (χ1v) is 11.5. The van der Waals surface area contributed by atoms with Crippen molar-refractivity contribution in [1.82, 2.24) is 0 Å². The largest absolute Gasteiger partial charge is 0.495 e. The summed E-state index contributed by atoms with van der Waals surface area (Å²) in [6.07, 6.45) is -0.174. The number of benzene rings is 2. The van der Waals surface area contributed by atoms with Crippen LogP contribution in [0.4, 0.5) is 11.4 Å². The van der Waals surface area contributed by atoms with E-state index in [0.717, 1.165) is 4.90 Å². The van der Waals surface area contributed by atoms with Gasteiger partial charge in [0.1, 0.15) is 5.75 Å². The summed E-state index contributed by atoms with van der Waals surface area (Å²) in [7, 11) is -0.598. The average molecular weight is 435 g/mol. The second-order valence-electron chi connectivity index (χ2n) is 6.60. The Morgan fingerprint density at radius 3 is 2.69 bits per heavy atom. The van der Waals surface area contributed by atoms with Crippen LogP contribution >= 0.6 is 11.8 Å². The monoisotopic (exact) mass is 434 g/mol. The quantitative estimate of drug-likeness (QED) is 0.751. The molecule has 0 aromatic heterocycles. The summed E-state index contributed by atoms with van der Waals surface area (Å²) in [6, 6.07) is 11.7. The van der Waals surface area contributed by atoms with Gasteiger partial charge in [0, 0.05) is 18.4 Å². The maximum atomic E-state index is 12.7. The van der Waals surface area contributed by atoms with Gasteiger partial charge < -0.3 is 15.0 Å². The topological polar surface area (TPSA) is 92.8 Å². The van der Waals surface area contributed by atoms with Crippen LogP contribution in [-0.2, 0) is 19.4 Å². The van der Waals surface area contributed by atoms with Crippen molar-refractivity contribution >= 4 is 44.8 Å². The highest BCUT2D eigenvalue weighted by Gasteiger charge is 2.26. The molecule has 2 aromatic rings. The van der Waals surface area contributed by atoms with Crippen molar-refractivity contribution in [2.24, 2.45) is 0 Å². The Bertz CT molecular complexity index is 1050. The van der Waals surface area contributed by atoms with Crippen LogP contribution in [0.2, 0.25) is 0 Å². The Labute approximate surface area is 174 Å². The fraction of sp³-hybridized carbons (Fsp3) is 0.300. The number of nitrogens with zero attached hydrogens (tertiary/aromatic N) is 1. The van der Waals surface area contributed by atoms with Gasteiger partial charge in [-0.05, 0) is 37.3 Å². The first kappa shape index (κ1) is 21.2. The number of fused-ring (bicyclic) bond motifs is 1. The van der Waals surface area contributed by atoms with Gasteiger partial charge in [0.25, 0.3) is 0 Å². The van der Waals surface area contributed by atoms with E-state index >= 15 is 0 Å². The summed E-state index contributed by atoms with van der Waals surface area (Å²) in [4.78, 5) is 26.7. The summed E-state index contributed by atoms with van der Waals surface area (Å²) in [5.74, 6) is -0.301. The van der Waals surface area contributed by atoms with E-state index in [1.54, 1.807) is 44.3 Å². The molecule has 1 aliphatic heterocycles. The Morgan fingerprint density at radius 2 is 1.97 bits per heavy atom. The third-order valence-corrected chi connectivity index (χ3v) is 7.54. The lowest BCUT2D eigenvalue weighted by molar-refractivity contribution is -0.118. The van der Waals surface area contributed by atoms with Crippen molar-refractivity contribution in [2.75, 3.05) is 30.1 Å². The highest BCUT2D eigenvalue weighted by molar-refractivity contribution is 8.01.